The Balaban J connectivity index is 0.000000440. The number of thiazole rings is 1. The van der Waals surface area contributed by atoms with Crippen molar-refractivity contribution >= 4 is 44.7 Å². The molecular weight excluding hydrogens is 650 g/mol. The molecule has 0 aliphatic carbocycles. The monoisotopic (exact) mass is 678 g/mol. The molecule has 4 N–H and O–H groups in total. The number of fused-ring (bicyclic) bond motifs is 1. The molecule has 0 aliphatic heterocycles. The van der Waals surface area contributed by atoms with E-state index >= 15 is 0 Å². The molecule has 4 rings (SSSR count). The molecule has 2 aromatic carbocycles. The van der Waals surface area contributed by atoms with Crippen molar-refractivity contribution in [3.8, 4) is 16.9 Å². The van der Waals surface area contributed by atoms with E-state index in [0.717, 1.165) is 39.2 Å². The lowest BCUT2D eigenvalue weighted by Crippen LogP contribution is -2.39. The third-order valence-corrected chi connectivity index (χ3v) is 6.46. The van der Waals surface area contributed by atoms with Gasteiger partial charge in [-0.05, 0) is 49.5 Å². The highest BCUT2D eigenvalue weighted by atomic mass is 32.1. The maximum absolute atomic E-state index is 13.1. The minimum Gasteiger partial charge on any atom is -0.497 e. The van der Waals surface area contributed by atoms with Crippen LogP contribution in [-0.2, 0) is 16.1 Å². The standard InChI is InChI=1S/C23H26N6O2S.2C2HF3O2/c1-28(2)9-10-29(15-16-5-4-6-19(11-16)31-3)23(30)27-22-26-20-8-7-17(12-21(20)32-22)18-13-24-25-14-18;2*3-2(4,5)1(6)7/h4-8,11-14H,9-10,15H2,1-3H3,(H,24,25)(H,26,27,30);2*(H,6,7). The van der Waals surface area contributed by atoms with Gasteiger partial charge >= 0.3 is 30.3 Å². The number of nitrogens with one attached hydrogen (secondary N) is 2. The van der Waals surface area contributed by atoms with Gasteiger partial charge in [-0.15, -0.1) is 0 Å². The first-order valence-corrected chi connectivity index (χ1v) is 13.6. The van der Waals surface area contributed by atoms with Crippen molar-refractivity contribution in [3.05, 3.63) is 60.4 Å². The molecule has 2 aromatic heterocycles. The molecule has 0 atom stereocenters. The molecule has 0 bridgehead atoms. The first-order chi connectivity index (χ1) is 21.4. The fourth-order valence-electron chi connectivity index (χ4n) is 3.30. The van der Waals surface area contributed by atoms with Crippen molar-refractivity contribution < 1.29 is 55.7 Å². The number of alkyl halides is 6. The minimum atomic E-state index is -5.08. The fraction of sp³-hybridized carbons (Fsp3) is 0.296. The quantitative estimate of drug-likeness (QED) is 0.175. The highest BCUT2D eigenvalue weighted by molar-refractivity contribution is 7.22. The molecule has 0 radical (unpaired) electrons. The third-order valence-electron chi connectivity index (χ3n) is 5.53. The molecular formula is C27H28F6N6O6S. The minimum absolute atomic E-state index is 0.177. The van der Waals surface area contributed by atoms with Gasteiger partial charge in [0.1, 0.15) is 5.75 Å². The number of urea groups is 1. The van der Waals surface area contributed by atoms with Gasteiger partial charge in [0.2, 0.25) is 0 Å². The van der Waals surface area contributed by atoms with Gasteiger partial charge in [-0.25, -0.2) is 19.4 Å². The van der Waals surface area contributed by atoms with Gasteiger partial charge in [0, 0.05) is 31.4 Å². The van der Waals surface area contributed by atoms with Crippen LogP contribution in [0.25, 0.3) is 21.3 Å². The van der Waals surface area contributed by atoms with Crippen LogP contribution in [0.4, 0.5) is 36.3 Å². The van der Waals surface area contributed by atoms with Gasteiger partial charge in [0.05, 0.1) is 23.5 Å². The molecule has 0 unspecified atom stereocenters. The zero-order chi connectivity index (χ0) is 34.7. The van der Waals surface area contributed by atoms with Gasteiger partial charge in [-0.2, -0.15) is 31.4 Å². The number of benzene rings is 2. The number of carboxylic acid groups (broad SMARTS) is 2. The number of nitrogens with zero attached hydrogens (tertiary/aromatic N) is 4. The summed E-state index contributed by atoms with van der Waals surface area (Å²) in [6.45, 7) is 1.82. The van der Waals surface area contributed by atoms with Crippen molar-refractivity contribution in [2.75, 3.05) is 39.6 Å². The van der Waals surface area contributed by atoms with Crippen molar-refractivity contribution in [1.29, 1.82) is 0 Å². The fourth-order valence-corrected chi connectivity index (χ4v) is 4.20. The van der Waals surface area contributed by atoms with Gasteiger partial charge in [0.25, 0.3) is 0 Å². The van der Waals surface area contributed by atoms with Crippen LogP contribution >= 0.6 is 11.3 Å². The zero-order valence-corrected chi connectivity index (χ0v) is 25.1. The summed E-state index contributed by atoms with van der Waals surface area (Å²) in [4.78, 5) is 39.4. The van der Waals surface area contributed by atoms with E-state index in [1.807, 2.05) is 56.7 Å². The number of H-pyrrole nitrogens is 1. The number of ether oxygens (including phenoxy) is 1. The van der Waals surface area contributed by atoms with E-state index in [-0.39, 0.29) is 6.03 Å². The Morgan fingerprint density at radius 2 is 1.59 bits per heavy atom. The second kappa shape index (κ2) is 16.4. The van der Waals surface area contributed by atoms with Crippen LogP contribution in [0.2, 0.25) is 0 Å². The van der Waals surface area contributed by atoms with Crippen molar-refractivity contribution in [2.45, 2.75) is 18.9 Å². The number of hydrogen-bond donors (Lipinski definition) is 4. The average Bonchev–Trinajstić information content (AvgIpc) is 3.64. The Morgan fingerprint density at radius 3 is 2.11 bits per heavy atom. The number of likely N-dealkylation sites (N-methyl/N-ethyl adjacent to an activating group) is 1. The van der Waals surface area contributed by atoms with E-state index in [9.17, 15) is 31.1 Å². The first kappa shape index (κ1) is 37.3. The van der Waals surface area contributed by atoms with E-state index in [1.54, 1.807) is 18.2 Å². The van der Waals surface area contributed by atoms with Crippen LogP contribution in [-0.4, -0.2) is 99.8 Å². The molecule has 46 heavy (non-hydrogen) atoms. The summed E-state index contributed by atoms with van der Waals surface area (Å²) in [5.41, 5.74) is 3.93. The number of amides is 2. The van der Waals surface area contributed by atoms with Crippen LogP contribution in [0.3, 0.4) is 0 Å². The van der Waals surface area contributed by atoms with E-state index in [0.29, 0.717) is 18.2 Å². The number of methoxy groups -OCH3 is 1. The van der Waals surface area contributed by atoms with Crippen LogP contribution in [0, 0.1) is 0 Å². The third kappa shape index (κ3) is 12.2. The second-order valence-electron chi connectivity index (χ2n) is 9.30. The Hall–Kier alpha value is -4.91. The molecule has 250 valence electrons. The number of aromatic nitrogens is 3. The molecule has 12 nitrogen and oxygen atoms in total. The Morgan fingerprint density at radius 1 is 0.957 bits per heavy atom. The zero-order valence-electron chi connectivity index (χ0n) is 24.3. The number of halogens is 6. The first-order valence-electron chi connectivity index (χ1n) is 12.7. The Labute approximate surface area is 261 Å². The van der Waals surface area contributed by atoms with Gasteiger partial charge in [-0.3, -0.25) is 10.4 Å². The van der Waals surface area contributed by atoms with Crippen LogP contribution < -0.4 is 10.1 Å². The topological polar surface area (TPSA) is 161 Å². The summed E-state index contributed by atoms with van der Waals surface area (Å²) < 4.78 is 69.8. The molecule has 0 saturated carbocycles. The summed E-state index contributed by atoms with van der Waals surface area (Å²) in [6, 6.07) is 13.6. The lowest BCUT2D eigenvalue weighted by molar-refractivity contribution is -0.193. The van der Waals surface area contributed by atoms with Crippen molar-refractivity contribution in [3.63, 3.8) is 0 Å². The molecule has 0 aliphatic rings. The number of anilines is 1. The largest absolute Gasteiger partial charge is 0.497 e. The summed E-state index contributed by atoms with van der Waals surface area (Å²) in [7, 11) is 5.63. The summed E-state index contributed by atoms with van der Waals surface area (Å²) in [5.74, 6) is -4.74. The number of aromatic amines is 1. The summed E-state index contributed by atoms with van der Waals surface area (Å²) in [5, 5.41) is 24.7. The number of hydrogen-bond acceptors (Lipinski definition) is 8. The van der Waals surface area contributed by atoms with E-state index in [2.05, 4.69) is 31.5 Å². The lowest BCUT2D eigenvalue weighted by atomic mass is 10.1. The highest BCUT2D eigenvalue weighted by Crippen LogP contribution is 2.30. The predicted octanol–water partition coefficient (Wildman–Crippen LogP) is 5.56. The smallest absolute Gasteiger partial charge is 0.490 e. The normalized spacial score (nSPS) is 11.2. The Kier molecular flexibility index (Phi) is 13.3. The van der Waals surface area contributed by atoms with Crippen molar-refractivity contribution in [1.82, 2.24) is 25.0 Å². The lowest BCUT2D eigenvalue weighted by Gasteiger charge is -2.24. The van der Waals surface area contributed by atoms with Crippen LogP contribution in [0.5, 0.6) is 5.75 Å². The van der Waals surface area contributed by atoms with Gasteiger partial charge in [-0.1, -0.05) is 29.5 Å². The van der Waals surface area contributed by atoms with Crippen LogP contribution in [0.1, 0.15) is 5.56 Å². The Bertz CT molecular complexity index is 1570. The molecule has 19 heteroatoms. The number of carbonyl (C=O) groups is 3. The van der Waals surface area contributed by atoms with E-state index < -0.39 is 24.3 Å². The highest BCUT2D eigenvalue weighted by Gasteiger charge is 2.38. The van der Waals surface area contributed by atoms with Gasteiger partial charge < -0.3 is 24.7 Å². The number of carboxylic acids is 2. The van der Waals surface area contributed by atoms with Crippen LogP contribution in [0.15, 0.2) is 54.9 Å². The van der Waals surface area contributed by atoms with E-state index in [1.165, 1.54) is 11.3 Å². The van der Waals surface area contributed by atoms with E-state index in [4.69, 9.17) is 24.5 Å². The molecule has 2 amide bonds. The maximum atomic E-state index is 13.1. The predicted molar refractivity (Wildman–Crippen MR) is 156 cm³/mol. The number of aliphatic carboxylic acids is 2. The summed E-state index contributed by atoms with van der Waals surface area (Å²) in [6.07, 6.45) is -6.53. The molecule has 0 saturated heterocycles. The van der Waals surface area contributed by atoms with Crippen molar-refractivity contribution in [2.24, 2.45) is 0 Å². The molecule has 2 heterocycles. The molecule has 4 aromatic rings. The SMILES string of the molecule is COc1cccc(CN(CCN(C)C)C(=O)Nc2nc3ccc(-c4cn[nH]c4)cc3s2)c1.O=C(O)C(F)(F)F.O=C(O)C(F)(F)F. The summed E-state index contributed by atoms with van der Waals surface area (Å²) >= 11 is 1.46. The maximum Gasteiger partial charge on any atom is 0.490 e. The number of carbonyl (C=O) groups excluding carboxylic acids is 1. The second-order valence-corrected chi connectivity index (χ2v) is 10.3. The van der Waals surface area contributed by atoms with Gasteiger partial charge in [0.15, 0.2) is 5.13 Å². The average molecular weight is 679 g/mol. The molecule has 0 spiro atoms. The molecule has 0 fully saturated rings. The number of rotatable bonds is 8.